The standard InChI is InChI=1S/C13H20N4/c1-16-7-8-17(10-13(14)15)12(9-16)11-5-3-2-4-6-11/h2-6,12H,7-10H2,1H3,(H3,14,15). The van der Waals surface area contributed by atoms with Crippen LogP contribution in [0, 0.1) is 5.41 Å². The minimum Gasteiger partial charge on any atom is -0.387 e. The molecule has 0 radical (unpaired) electrons. The van der Waals surface area contributed by atoms with Gasteiger partial charge in [0.1, 0.15) is 5.84 Å². The molecule has 1 atom stereocenters. The number of hydrogen-bond acceptors (Lipinski definition) is 3. The van der Waals surface area contributed by atoms with E-state index >= 15 is 0 Å². The van der Waals surface area contributed by atoms with Crippen molar-refractivity contribution in [2.75, 3.05) is 33.2 Å². The summed E-state index contributed by atoms with van der Waals surface area (Å²) in [5.41, 5.74) is 6.83. The lowest BCUT2D eigenvalue weighted by Crippen LogP contribution is -2.49. The molecule has 0 aromatic heterocycles. The van der Waals surface area contributed by atoms with Crippen LogP contribution in [0.4, 0.5) is 0 Å². The van der Waals surface area contributed by atoms with Gasteiger partial charge in [0.2, 0.25) is 0 Å². The fourth-order valence-corrected chi connectivity index (χ4v) is 2.36. The van der Waals surface area contributed by atoms with Gasteiger partial charge in [-0.15, -0.1) is 0 Å². The van der Waals surface area contributed by atoms with Crippen LogP contribution in [0.2, 0.25) is 0 Å². The van der Waals surface area contributed by atoms with Crippen LogP contribution in [0.25, 0.3) is 0 Å². The van der Waals surface area contributed by atoms with E-state index in [2.05, 4.69) is 41.1 Å². The first-order valence-electron chi connectivity index (χ1n) is 5.97. The molecule has 0 spiro atoms. The van der Waals surface area contributed by atoms with Crippen LogP contribution in [0.15, 0.2) is 30.3 Å². The summed E-state index contributed by atoms with van der Waals surface area (Å²) >= 11 is 0. The molecule has 1 heterocycles. The normalized spacial score (nSPS) is 22.5. The fraction of sp³-hybridized carbons (Fsp3) is 0.462. The third-order valence-electron chi connectivity index (χ3n) is 3.25. The van der Waals surface area contributed by atoms with Crippen LogP contribution < -0.4 is 5.73 Å². The van der Waals surface area contributed by atoms with Gasteiger partial charge in [-0.25, -0.2) is 0 Å². The third kappa shape index (κ3) is 3.05. The molecule has 92 valence electrons. The molecule has 0 saturated carbocycles. The summed E-state index contributed by atoms with van der Waals surface area (Å²) in [6.07, 6.45) is 0. The predicted octanol–water partition coefficient (Wildman–Crippen LogP) is 0.911. The Labute approximate surface area is 103 Å². The van der Waals surface area contributed by atoms with E-state index in [1.807, 2.05) is 6.07 Å². The first-order valence-corrected chi connectivity index (χ1v) is 5.97. The molecule has 1 aliphatic rings. The molecule has 1 saturated heterocycles. The molecule has 1 aromatic carbocycles. The maximum atomic E-state index is 7.46. The van der Waals surface area contributed by atoms with Crippen molar-refractivity contribution < 1.29 is 0 Å². The van der Waals surface area contributed by atoms with Crippen molar-refractivity contribution in [3.63, 3.8) is 0 Å². The van der Waals surface area contributed by atoms with Gasteiger partial charge in [0.15, 0.2) is 0 Å². The Morgan fingerprint density at radius 3 is 2.71 bits per heavy atom. The Hall–Kier alpha value is -1.39. The molecule has 0 amide bonds. The molecule has 1 aliphatic heterocycles. The Morgan fingerprint density at radius 1 is 1.35 bits per heavy atom. The van der Waals surface area contributed by atoms with E-state index in [-0.39, 0.29) is 5.84 Å². The number of nitrogens with one attached hydrogen (secondary N) is 1. The third-order valence-corrected chi connectivity index (χ3v) is 3.25. The summed E-state index contributed by atoms with van der Waals surface area (Å²) in [4.78, 5) is 4.62. The van der Waals surface area contributed by atoms with Crippen LogP contribution in [0.3, 0.4) is 0 Å². The average Bonchev–Trinajstić information content (AvgIpc) is 2.32. The van der Waals surface area contributed by atoms with Crippen LogP contribution in [-0.4, -0.2) is 48.9 Å². The van der Waals surface area contributed by atoms with Gasteiger partial charge in [-0.1, -0.05) is 30.3 Å². The minimum absolute atomic E-state index is 0.246. The highest BCUT2D eigenvalue weighted by atomic mass is 15.3. The largest absolute Gasteiger partial charge is 0.387 e. The van der Waals surface area contributed by atoms with Gasteiger partial charge in [0, 0.05) is 25.7 Å². The Morgan fingerprint density at radius 2 is 2.06 bits per heavy atom. The molecular weight excluding hydrogens is 212 g/mol. The zero-order valence-electron chi connectivity index (χ0n) is 10.3. The summed E-state index contributed by atoms with van der Waals surface area (Å²) in [5, 5.41) is 7.46. The molecule has 3 N–H and O–H groups in total. The number of likely N-dealkylation sites (N-methyl/N-ethyl adjacent to an activating group) is 1. The molecular formula is C13H20N4. The van der Waals surface area contributed by atoms with Crippen molar-refractivity contribution in [1.82, 2.24) is 9.80 Å². The smallest absolute Gasteiger partial charge is 0.105 e. The van der Waals surface area contributed by atoms with Crippen LogP contribution >= 0.6 is 0 Å². The quantitative estimate of drug-likeness (QED) is 0.601. The van der Waals surface area contributed by atoms with Crippen LogP contribution in [0.5, 0.6) is 0 Å². The van der Waals surface area contributed by atoms with Crippen molar-refractivity contribution in [3.8, 4) is 0 Å². The fourth-order valence-electron chi connectivity index (χ4n) is 2.36. The van der Waals surface area contributed by atoms with E-state index in [0.29, 0.717) is 12.6 Å². The van der Waals surface area contributed by atoms with Crippen molar-refractivity contribution in [2.24, 2.45) is 5.73 Å². The Balaban J connectivity index is 2.17. The molecule has 1 fully saturated rings. The van der Waals surface area contributed by atoms with Crippen molar-refractivity contribution in [3.05, 3.63) is 35.9 Å². The molecule has 0 aliphatic carbocycles. The first kappa shape index (κ1) is 12.1. The van der Waals surface area contributed by atoms with E-state index < -0.39 is 0 Å². The Kier molecular flexibility index (Phi) is 3.76. The van der Waals surface area contributed by atoms with E-state index in [1.54, 1.807) is 0 Å². The van der Waals surface area contributed by atoms with Gasteiger partial charge in [-0.05, 0) is 12.6 Å². The molecule has 4 heteroatoms. The van der Waals surface area contributed by atoms with Crippen molar-refractivity contribution >= 4 is 5.84 Å². The van der Waals surface area contributed by atoms with Gasteiger partial charge in [0.05, 0.1) is 6.54 Å². The molecule has 0 bridgehead atoms. The van der Waals surface area contributed by atoms with Gasteiger partial charge in [-0.2, -0.15) is 0 Å². The summed E-state index contributed by atoms with van der Waals surface area (Å²) in [5.74, 6) is 0.246. The highest BCUT2D eigenvalue weighted by molar-refractivity contribution is 5.79. The maximum absolute atomic E-state index is 7.46. The van der Waals surface area contributed by atoms with Gasteiger partial charge >= 0.3 is 0 Å². The SMILES string of the molecule is CN1CCN(CC(=N)N)C(c2ccccc2)C1. The minimum atomic E-state index is 0.246. The lowest BCUT2D eigenvalue weighted by Gasteiger charge is -2.40. The number of benzene rings is 1. The molecule has 2 rings (SSSR count). The highest BCUT2D eigenvalue weighted by Crippen LogP contribution is 2.24. The number of amidine groups is 1. The van der Waals surface area contributed by atoms with Crippen LogP contribution in [-0.2, 0) is 0 Å². The van der Waals surface area contributed by atoms with E-state index in [4.69, 9.17) is 11.1 Å². The predicted molar refractivity (Wildman–Crippen MR) is 70.2 cm³/mol. The lowest BCUT2D eigenvalue weighted by molar-refractivity contribution is 0.104. The number of piperazine rings is 1. The topological polar surface area (TPSA) is 56.4 Å². The summed E-state index contributed by atoms with van der Waals surface area (Å²) < 4.78 is 0. The van der Waals surface area contributed by atoms with E-state index in [1.165, 1.54) is 5.56 Å². The molecule has 17 heavy (non-hydrogen) atoms. The number of nitrogens with zero attached hydrogens (tertiary/aromatic N) is 2. The highest BCUT2D eigenvalue weighted by Gasteiger charge is 2.26. The molecule has 1 unspecified atom stereocenters. The van der Waals surface area contributed by atoms with Crippen LogP contribution in [0.1, 0.15) is 11.6 Å². The van der Waals surface area contributed by atoms with E-state index in [9.17, 15) is 0 Å². The second-order valence-electron chi connectivity index (χ2n) is 4.68. The molecule has 4 nitrogen and oxygen atoms in total. The maximum Gasteiger partial charge on any atom is 0.105 e. The number of rotatable bonds is 3. The number of hydrogen-bond donors (Lipinski definition) is 2. The zero-order valence-corrected chi connectivity index (χ0v) is 10.3. The van der Waals surface area contributed by atoms with Gasteiger partial charge in [0.25, 0.3) is 0 Å². The summed E-state index contributed by atoms with van der Waals surface area (Å²) in [6.45, 7) is 3.57. The second-order valence-corrected chi connectivity index (χ2v) is 4.68. The van der Waals surface area contributed by atoms with Crippen molar-refractivity contribution in [2.45, 2.75) is 6.04 Å². The van der Waals surface area contributed by atoms with Gasteiger partial charge < -0.3 is 10.6 Å². The second kappa shape index (κ2) is 5.29. The van der Waals surface area contributed by atoms with Gasteiger partial charge in [-0.3, -0.25) is 10.3 Å². The van der Waals surface area contributed by atoms with E-state index in [0.717, 1.165) is 19.6 Å². The average molecular weight is 232 g/mol. The zero-order chi connectivity index (χ0) is 12.3. The molecule has 1 aromatic rings. The number of nitrogens with two attached hydrogens (primary N) is 1. The monoisotopic (exact) mass is 232 g/mol. The lowest BCUT2D eigenvalue weighted by atomic mass is 10.0. The van der Waals surface area contributed by atoms with Crippen molar-refractivity contribution in [1.29, 1.82) is 5.41 Å². The Bertz CT molecular complexity index is 376. The summed E-state index contributed by atoms with van der Waals surface area (Å²) in [6, 6.07) is 10.8. The summed E-state index contributed by atoms with van der Waals surface area (Å²) in [7, 11) is 2.14. The first-order chi connectivity index (χ1) is 8.16.